The molecule has 0 aliphatic carbocycles. The van der Waals surface area contributed by atoms with Crippen molar-refractivity contribution < 1.29 is 14.4 Å². The van der Waals surface area contributed by atoms with E-state index < -0.39 is 0 Å². The lowest BCUT2D eigenvalue weighted by atomic mass is 9.83. The summed E-state index contributed by atoms with van der Waals surface area (Å²) in [6, 6.07) is 19.1. The molecule has 3 saturated heterocycles. The average Bonchev–Trinajstić information content (AvgIpc) is 3.25. The number of anilines is 1. The summed E-state index contributed by atoms with van der Waals surface area (Å²) >= 11 is 0. The van der Waals surface area contributed by atoms with Gasteiger partial charge in [-0.05, 0) is 24.2 Å². The van der Waals surface area contributed by atoms with Gasteiger partial charge in [0.05, 0.1) is 30.0 Å². The smallest absolute Gasteiger partial charge is 0.247 e. The number of fused-ring (bicyclic) bond motifs is 1. The molecule has 3 heterocycles. The van der Waals surface area contributed by atoms with Gasteiger partial charge in [-0.25, -0.2) is 10.4 Å². The van der Waals surface area contributed by atoms with Gasteiger partial charge in [0, 0.05) is 39.3 Å². The van der Waals surface area contributed by atoms with Gasteiger partial charge in [-0.2, -0.15) is 0 Å². The lowest BCUT2D eigenvalue weighted by Gasteiger charge is -2.42. The molecular formula is C27H33N5O3. The number of rotatable bonds is 5. The highest BCUT2D eigenvalue weighted by Gasteiger charge is 2.51. The van der Waals surface area contributed by atoms with E-state index in [4.69, 9.17) is 0 Å². The van der Waals surface area contributed by atoms with Gasteiger partial charge in [0.2, 0.25) is 17.7 Å². The Labute approximate surface area is 206 Å². The lowest BCUT2D eigenvalue weighted by Crippen LogP contribution is -2.60. The largest absolute Gasteiger partial charge is 0.339 e. The van der Waals surface area contributed by atoms with E-state index >= 15 is 0 Å². The second-order valence-corrected chi connectivity index (χ2v) is 9.60. The first-order valence-electron chi connectivity index (χ1n) is 12.5. The quantitative estimate of drug-likeness (QED) is 0.707. The number of piperidine rings is 1. The number of amides is 3. The van der Waals surface area contributed by atoms with Gasteiger partial charge < -0.3 is 14.7 Å². The maximum absolute atomic E-state index is 13.7. The summed E-state index contributed by atoms with van der Waals surface area (Å²) in [6.07, 6.45) is 0.383. The van der Waals surface area contributed by atoms with E-state index in [2.05, 4.69) is 17.2 Å². The fraction of sp³-hybridized carbons (Fsp3) is 0.444. The highest BCUT2D eigenvalue weighted by molar-refractivity contribution is 5.98. The standard InChI is InChI=1S/C27H33N5O3/c1-2-29-18-22(25-23(19-29)27(35)32(28-25)21-11-7-4-8-12-21)26(34)31-15-13-30(14-16-31)24(33)17-20-9-5-3-6-10-20/h3-12,22-23,25,28H,2,13-19H2,1H3. The molecule has 3 aliphatic rings. The summed E-state index contributed by atoms with van der Waals surface area (Å²) in [5, 5.41) is 1.62. The van der Waals surface area contributed by atoms with Crippen LogP contribution in [0.2, 0.25) is 0 Å². The zero-order chi connectivity index (χ0) is 24.4. The molecule has 5 rings (SSSR count). The molecule has 2 aromatic rings. The molecule has 8 heteroatoms. The van der Waals surface area contributed by atoms with Gasteiger partial charge in [0.1, 0.15) is 0 Å². The van der Waals surface area contributed by atoms with E-state index in [1.54, 1.807) is 5.01 Å². The highest BCUT2D eigenvalue weighted by Crippen LogP contribution is 2.32. The zero-order valence-electron chi connectivity index (χ0n) is 20.2. The molecule has 3 atom stereocenters. The number of hydrogen-bond donors (Lipinski definition) is 1. The molecule has 8 nitrogen and oxygen atoms in total. The Morgan fingerprint density at radius 3 is 2.17 bits per heavy atom. The van der Waals surface area contributed by atoms with Crippen molar-refractivity contribution in [3.8, 4) is 0 Å². The maximum atomic E-state index is 13.7. The lowest BCUT2D eigenvalue weighted by molar-refractivity contribution is -0.144. The molecule has 0 aromatic heterocycles. The molecule has 3 fully saturated rings. The van der Waals surface area contributed by atoms with E-state index in [1.807, 2.05) is 70.5 Å². The number of benzene rings is 2. The second-order valence-electron chi connectivity index (χ2n) is 9.60. The molecule has 0 bridgehead atoms. The summed E-state index contributed by atoms with van der Waals surface area (Å²) in [5.41, 5.74) is 5.17. The number of hydrazine groups is 1. The number of piperazine rings is 1. The molecular weight excluding hydrogens is 442 g/mol. The summed E-state index contributed by atoms with van der Waals surface area (Å²) in [4.78, 5) is 45.7. The SMILES string of the molecule is CCN1CC(C(=O)N2CCN(C(=O)Cc3ccccc3)CC2)C2NN(c3ccccc3)C(=O)C2C1. The predicted molar refractivity (Wildman–Crippen MR) is 133 cm³/mol. The van der Waals surface area contributed by atoms with Crippen LogP contribution in [0, 0.1) is 11.8 Å². The van der Waals surface area contributed by atoms with Gasteiger partial charge in [0.25, 0.3) is 0 Å². The van der Waals surface area contributed by atoms with Gasteiger partial charge in [-0.15, -0.1) is 0 Å². The van der Waals surface area contributed by atoms with Crippen molar-refractivity contribution in [3.63, 3.8) is 0 Å². The molecule has 3 amide bonds. The average molecular weight is 476 g/mol. The van der Waals surface area contributed by atoms with Crippen molar-refractivity contribution in [2.24, 2.45) is 11.8 Å². The van der Waals surface area contributed by atoms with Crippen LogP contribution in [0.3, 0.4) is 0 Å². The molecule has 2 aromatic carbocycles. The summed E-state index contributed by atoms with van der Waals surface area (Å²) in [6.45, 7) is 6.28. The summed E-state index contributed by atoms with van der Waals surface area (Å²) < 4.78 is 0. The van der Waals surface area contributed by atoms with Crippen LogP contribution in [0.4, 0.5) is 5.69 Å². The Bertz CT molecular complexity index is 1060. The van der Waals surface area contributed by atoms with Crippen LogP contribution in [0.5, 0.6) is 0 Å². The first-order chi connectivity index (χ1) is 17.0. The van der Waals surface area contributed by atoms with Crippen LogP contribution in [0.1, 0.15) is 12.5 Å². The van der Waals surface area contributed by atoms with Gasteiger partial charge >= 0.3 is 0 Å². The van der Waals surface area contributed by atoms with Crippen LogP contribution in [0.15, 0.2) is 60.7 Å². The van der Waals surface area contributed by atoms with Crippen molar-refractivity contribution in [2.45, 2.75) is 19.4 Å². The van der Waals surface area contributed by atoms with Crippen molar-refractivity contribution in [1.29, 1.82) is 0 Å². The number of carbonyl (C=O) groups is 3. The Morgan fingerprint density at radius 1 is 0.886 bits per heavy atom. The van der Waals surface area contributed by atoms with Crippen molar-refractivity contribution in [2.75, 3.05) is 50.8 Å². The third-order valence-corrected chi connectivity index (χ3v) is 7.51. The Morgan fingerprint density at radius 2 is 1.51 bits per heavy atom. The third kappa shape index (κ3) is 4.81. The number of hydrogen-bond acceptors (Lipinski definition) is 5. The molecule has 184 valence electrons. The van der Waals surface area contributed by atoms with E-state index in [0.29, 0.717) is 45.7 Å². The summed E-state index contributed by atoms with van der Waals surface area (Å²) in [5.74, 6) is -0.374. The zero-order valence-corrected chi connectivity index (χ0v) is 20.2. The monoisotopic (exact) mass is 475 g/mol. The van der Waals surface area contributed by atoms with Crippen LogP contribution in [0.25, 0.3) is 0 Å². The van der Waals surface area contributed by atoms with Crippen LogP contribution in [-0.4, -0.2) is 84.3 Å². The molecule has 35 heavy (non-hydrogen) atoms. The molecule has 1 N–H and O–H groups in total. The van der Waals surface area contributed by atoms with Crippen molar-refractivity contribution in [3.05, 3.63) is 66.2 Å². The van der Waals surface area contributed by atoms with Crippen molar-refractivity contribution >= 4 is 23.4 Å². The van der Waals surface area contributed by atoms with Crippen LogP contribution < -0.4 is 10.4 Å². The fourth-order valence-corrected chi connectivity index (χ4v) is 5.49. The molecule has 3 aliphatic heterocycles. The number of para-hydroxylation sites is 1. The minimum absolute atomic E-state index is 0.0217. The normalized spacial score (nSPS) is 25.0. The van der Waals surface area contributed by atoms with Crippen molar-refractivity contribution in [1.82, 2.24) is 20.1 Å². The van der Waals surface area contributed by atoms with E-state index in [0.717, 1.165) is 17.8 Å². The van der Waals surface area contributed by atoms with Crippen LogP contribution >= 0.6 is 0 Å². The number of likely N-dealkylation sites (tertiary alicyclic amines) is 1. The molecule has 3 unspecified atom stereocenters. The molecule has 0 saturated carbocycles. The first-order valence-corrected chi connectivity index (χ1v) is 12.5. The minimum atomic E-state index is -0.307. The maximum Gasteiger partial charge on any atom is 0.247 e. The summed E-state index contributed by atoms with van der Waals surface area (Å²) in [7, 11) is 0. The van der Waals surface area contributed by atoms with E-state index in [1.165, 1.54) is 0 Å². The fourth-order valence-electron chi connectivity index (χ4n) is 5.49. The highest BCUT2D eigenvalue weighted by atomic mass is 16.2. The minimum Gasteiger partial charge on any atom is -0.339 e. The van der Waals surface area contributed by atoms with Gasteiger partial charge in [-0.1, -0.05) is 55.5 Å². The number of nitrogens with zero attached hydrogens (tertiary/aromatic N) is 4. The topological polar surface area (TPSA) is 76.2 Å². The van der Waals surface area contributed by atoms with E-state index in [-0.39, 0.29) is 35.6 Å². The van der Waals surface area contributed by atoms with E-state index in [9.17, 15) is 14.4 Å². The van der Waals surface area contributed by atoms with Gasteiger partial charge in [0.15, 0.2) is 0 Å². The Hall–Kier alpha value is -3.23. The van der Waals surface area contributed by atoms with Crippen LogP contribution in [-0.2, 0) is 20.8 Å². The third-order valence-electron chi connectivity index (χ3n) is 7.51. The second kappa shape index (κ2) is 10.2. The molecule has 0 radical (unpaired) electrons. The Balaban J connectivity index is 1.24. The van der Waals surface area contributed by atoms with Gasteiger partial charge in [-0.3, -0.25) is 14.4 Å². The molecule has 0 spiro atoms. The number of nitrogens with one attached hydrogen (secondary N) is 1. The first kappa shape index (κ1) is 23.5. The number of carbonyl (C=O) groups excluding carboxylic acids is 3. The Kier molecular flexibility index (Phi) is 6.83. The predicted octanol–water partition coefficient (Wildman–Crippen LogP) is 1.39.